The Labute approximate surface area is 106 Å². The monoisotopic (exact) mass is 277 g/mol. The van der Waals surface area contributed by atoms with Crippen molar-refractivity contribution in [2.24, 2.45) is 11.3 Å². The minimum Gasteiger partial charge on any atom is -0.198 e. The molecule has 0 heterocycles. The first-order valence-corrected chi connectivity index (χ1v) is 6.59. The summed E-state index contributed by atoms with van der Waals surface area (Å²) >= 11 is 3.48. The van der Waals surface area contributed by atoms with Gasteiger partial charge in [0.25, 0.3) is 0 Å². The van der Waals surface area contributed by atoms with E-state index >= 15 is 0 Å². The van der Waals surface area contributed by atoms with E-state index in [4.69, 9.17) is 0 Å². The maximum Gasteiger partial charge on any atom is 0.0693 e. The molecule has 2 atom stereocenters. The van der Waals surface area contributed by atoms with Crippen molar-refractivity contribution in [2.75, 3.05) is 0 Å². The second-order valence-corrected chi connectivity index (χ2v) is 5.96. The molecule has 1 aliphatic rings. The van der Waals surface area contributed by atoms with Gasteiger partial charge in [-0.2, -0.15) is 5.26 Å². The molecule has 1 saturated carbocycles. The van der Waals surface area contributed by atoms with Crippen LogP contribution in [0, 0.1) is 22.7 Å². The molecule has 0 saturated heterocycles. The highest BCUT2D eigenvalue weighted by Gasteiger charge is 2.37. The molecule has 16 heavy (non-hydrogen) atoms. The van der Waals surface area contributed by atoms with Gasteiger partial charge in [0.1, 0.15) is 0 Å². The van der Waals surface area contributed by atoms with Crippen LogP contribution in [0.4, 0.5) is 0 Å². The molecule has 0 spiro atoms. The van der Waals surface area contributed by atoms with Crippen LogP contribution in [0.3, 0.4) is 0 Å². The Morgan fingerprint density at radius 2 is 2.38 bits per heavy atom. The van der Waals surface area contributed by atoms with Crippen LogP contribution in [0.5, 0.6) is 0 Å². The first kappa shape index (κ1) is 11.7. The van der Waals surface area contributed by atoms with Gasteiger partial charge in [-0.05, 0) is 49.3 Å². The normalized spacial score (nSPS) is 28.9. The summed E-state index contributed by atoms with van der Waals surface area (Å²) in [5.41, 5.74) is 1.16. The molecule has 0 aromatic heterocycles. The van der Waals surface area contributed by atoms with E-state index in [2.05, 4.69) is 41.1 Å². The van der Waals surface area contributed by atoms with Crippen molar-refractivity contribution in [1.82, 2.24) is 0 Å². The summed E-state index contributed by atoms with van der Waals surface area (Å²) in [7, 11) is 0. The molecule has 0 aliphatic heterocycles. The number of nitrogens with zero attached hydrogens (tertiary/aromatic N) is 1. The highest BCUT2D eigenvalue weighted by atomic mass is 79.9. The molecule has 84 valence electrons. The van der Waals surface area contributed by atoms with E-state index in [1.807, 2.05) is 12.1 Å². The third-order valence-electron chi connectivity index (χ3n) is 3.52. The summed E-state index contributed by atoms with van der Waals surface area (Å²) in [6.07, 6.45) is 4.20. The van der Waals surface area contributed by atoms with Crippen molar-refractivity contribution in [3.8, 4) is 6.07 Å². The highest BCUT2D eigenvalue weighted by Crippen LogP contribution is 2.43. The van der Waals surface area contributed by atoms with E-state index in [1.54, 1.807) is 0 Å². The van der Waals surface area contributed by atoms with E-state index in [-0.39, 0.29) is 5.41 Å². The Hall–Kier alpha value is -0.810. The van der Waals surface area contributed by atoms with Crippen LogP contribution in [0.1, 0.15) is 31.7 Å². The zero-order valence-electron chi connectivity index (χ0n) is 9.54. The second kappa shape index (κ2) is 4.59. The summed E-state index contributed by atoms with van der Waals surface area (Å²) in [5.74, 6) is 0.701. The lowest BCUT2D eigenvalue weighted by atomic mass is 9.81. The Bertz CT molecular complexity index is 421. The van der Waals surface area contributed by atoms with E-state index in [1.165, 1.54) is 12.0 Å². The first-order valence-electron chi connectivity index (χ1n) is 5.79. The molecule has 1 aliphatic carbocycles. The molecule has 0 bridgehead atoms. The topological polar surface area (TPSA) is 23.8 Å². The van der Waals surface area contributed by atoms with Crippen molar-refractivity contribution < 1.29 is 0 Å². The molecule has 0 amide bonds. The van der Waals surface area contributed by atoms with Gasteiger partial charge in [-0.1, -0.05) is 35.0 Å². The van der Waals surface area contributed by atoms with Crippen molar-refractivity contribution in [3.05, 3.63) is 34.3 Å². The molecule has 1 fully saturated rings. The lowest BCUT2D eigenvalue weighted by molar-refractivity contribution is 0.391. The van der Waals surface area contributed by atoms with Gasteiger partial charge < -0.3 is 0 Å². The number of rotatable bonds is 2. The summed E-state index contributed by atoms with van der Waals surface area (Å²) in [5, 5.41) is 9.40. The van der Waals surface area contributed by atoms with Crippen molar-refractivity contribution in [3.63, 3.8) is 0 Å². The number of hydrogen-bond acceptors (Lipinski definition) is 1. The van der Waals surface area contributed by atoms with Crippen LogP contribution in [0.15, 0.2) is 28.7 Å². The molecule has 1 nitrogen and oxygen atoms in total. The quantitative estimate of drug-likeness (QED) is 0.790. The van der Waals surface area contributed by atoms with Crippen LogP contribution in [-0.4, -0.2) is 0 Å². The van der Waals surface area contributed by atoms with Gasteiger partial charge in [0.15, 0.2) is 0 Å². The fourth-order valence-corrected chi connectivity index (χ4v) is 3.18. The summed E-state index contributed by atoms with van der Waals surface area (Å²) in [6.45, 7) is 2.25. The molecule has 2 heteroatoms. The number of benzene rings is 1. The maximum absolute atomic E-state index is 9.40. The SMILES string of the molecule is CC1CCC(C#N)(Cc2cccc(Br)c2)C1. The highest BCUT2D eigenvalue weighted by molar-refractivity contribution is 9.10. The molecule has 2 rings (SSSR count). The van der Waals surface area contributed by atoms with Gasteiger partial charge in [-0.3, -0.25) is 0 Å². The van der Waals surface area contributed by atoms with Crippen LogP contribution in [0.25, 0.3) is 0 Å². The van der Waals surface area contributed by atoms with Crippen molar-refractivity contribution in [2.45, 2.75) is 32.6 Å². The van der Waals surface area contributed by atoms with Crippen LogP contribution in [-0.2, 0) is 6.42 Å². The van der Waals surface area contributed by atoms with E-state index < -0.39 is 0 Å². The lowest BCUT2D eigenvalue weighted by Crippen LogP contribution is -2.17. The summed E-state index contributed by atoms with van der Waals surface area (Å²) < 4.78 is 1.10. The van der Waals surface area contributed by atoms with Gasteiger partial charge in [0.2, 0.25) is 0 Å². The van der Waals surface area contributed by atoms with Gasteiger partial charge in [-0.25, -0.2) is 0 Å². The largest absolute Gasteiger partial charge is 0.198 e. The van der Waals surface area contributed by atoms with E-state index in [0.717, 1.165) is 23.7 Å². The Kier molecular flexibility index (Phi) is 3.35. The van der Waals surface area contributed by atoms with Gasteiger partial charge in [0.05, 0.1) is 11.5 Å². The molecular weight excluding hydrogens is 262 g/mol. The van der Waals surface area contributed by atoms with E-state index in [9.17, 15) is 5.26 Å². The minimum atomic E-state index is -0.111. The predicted octanol–water partition coefficient (Wildman–Crippen LogP) is 4.32. The van der Waals surface area contributed by atoms with Crippen LogP contribution < -0.4 is 0 Å². The molecule has 1 aromatic carbocycles. The van der Waals surface area contributed by atoms with Crippen molar-refractivity contribution >= 4 is 15.9 Å². The second-order valence-electron chi connectivity index (χ2n) is 5.05. The fraction of sp³-hybridized carbons (Fsp3) is 0.500. The number of nitriles is 1. The third-order valence-corrected chi connectivity index (χ3v) is 4.02. The van der Waals surface area contributed by atoms with Crippen LogP contribution in [0.2, 0.25) is 0 Å². The maximum atomic E-state index is 9.40. The third kappa shape index (κ3) is 2.47. The number of hydrogen-bond donors (Lipinski definition) is 0. The van der Waals surface area contributed by atoms with Gasteiger partial charge >= 0.3 is 0 Å². The molecule has 1 aromatic rings. The molecule has 2 unspecified atom stereocenters. The molecule has 0 N–H and O–H groups in total. The number of halogens is 1. The van der Waals surface area contributed by atoms with Gasteiger partial charge in [0, 0.05) is 4.47 Å². The lowest BCUT2D eigenvalue weighted by Gasteiger charge is -2.20. The zero-order chi connectivity index (χ0) is 11.6. The summed E-state index contributed by atoms with van der Waals surface area (Å²) in [6, 6.07) is 10.9. The Balaban J connectivity index is 2.17. The zero-order valence-corrected chi connectivity index (χ0v) is 11.1. The summed E-state index contributed by atoms with van der Waals surface area (Å²) in [4.78, 5) is 0. The van der Waals surface area contributed by atoms with Gasteiger partial charge in [-0.15, -0.1) is 0 Å². The molecule has 0 radical (unpaired) electrons. The molecular formula is C14H16BrN. The average molecular weight is 278 g/mol. The standard InChI is InChI=1S/C14H16BrN/c1-11-5-6-14(8-11,10-16)9-12-3-2-4-13(15)7-12/h2-4,7,11H,5-6,8-9H2,1H3. The smallest absolute Gasteiger partial charge is 0.0693 e. The predicted molar refractivity (Wildman–Crippen MR) is 68.9 cm³/mol. The fourth-order valence-electron chi connectivity index (χ4n) is 2.73. The van der Waals surface area contributed by atoms with E-state index in [0.29, 0.717) is 5.92 Å². The average Bonchev–Trinajstić information content (AvgIpc) is 2.61. The minimum absolute atomic E-state index is 0.111. The Morgan fingerprint density at radius 3 is 2.94 bits per heavy atom. The van der Waals surface area contributed by atoms with Crippen LogP contribution >= 0.6 is 15.9 Å². The first-order chi connectivity index (χ1) is 7.63. The Morgan fingerprint density at radius 1 is 1.56 bits per heavy atom. The van der Waals surface area contributed by atoms with Crippen molar-refractivity contribution in [1.29, 1.82) is 5.26 Å².